The molecule has 1 aromatic carbocycles. The van der Waals surface area contributed by atoms with Gasteiger partial charge in [-0.2, -0.15) is 0 Å². The Balaban J connectivity index is 2.11. The molecule has 0 atom stereocenters. The van der Waals surface area contributed by atoms with E-state index in [1.807, 2.05) is 30.5 Å². The number of carbonyl (C=O) groups is 1. The zero-order valence-electron chi connectivity index (χ0n) is 15.2. The van der Waals surface area contributed by atoms with Gasteiger partial charge in [0.25, 0.3) is 0 Å². The Kier molecular flexibility index (Phi) is 5.98. The quantitative estimate of drug-likeness (QED) is 0.648. The number of thioether (sulfide) groups is 1. The molecule has 1 fully saturated rings. The number of nitrogen functional groups attached to an aromatic ring is 1. The zero-order valence-corrected chi connectivity index (χ0v) is 16.0. The first-order valence-electron chi connectivity index (χ1n) is 8.79. The lowest BCUT2D eigenvalue weighted by atomic mass is 10.1. The number of aromatic nitrogens is 2. The fourth-order valence-electron chi connectivity index (χ4n) is 3.13. The molecular formula is C19H24N4O2S. The maximum absolute atomic E-state index is 12.0. The van der Waals surface area contributed by atoms with Crippen molar-refractivity contribution in [1.82, 2.24) is 9.97 Å². The monoisotopic (exact) mass is 372 g/mol. The lowest BCUT2D eigenvalue weighted by molar-refractivity contribution is 0.0595. The minimum atomic E-state index is -0.570. The van der Waals surface area contributed by atoms with E-state index in [9.17, 15) is 4.79 Å². The first-order valence-corrected chi connectivity index (χ1v) is 10.0. The Morgan fingerprint density at radius 1 is 1.12 bits per heavy atom. The van der Waals surface area contributed by atoms with E-state index in [0.717, 1.165) is 37.3 Å². The second kappa shape index (κ2) is 8.40. The number of anilines is 2. The number of hydrogen-bond acceptors (Lipinski definition) is 7. The third-order valence-corrected chi connectivity index (χ3v) is 5.30. The Bertz CT molecular complexity index is 772. The van der Waals surface area contributed by atoms with E-state index >= 15 is 0 Å². The van der Waals surface area contributed by atoms with Gasteiger partial charge in [0.15, 0.2) is 17.3 Å². The molecule has 1 aliphatic rings. The molecule has 0 aliphatic carbocycles. The van der Waals surface area contributed by atoms with Crippen LogP contribution in [-0.4, -0.2) is 42.4 Å². The number of carbonyl (C=O) groups excluding carboxylic acids is 1. The van der Waals surface area contributed by atoms with Gasteiger partial charge in [-0.05, 0) is 31.2 Å². The minimum Gasteiger partial charge on any atom is -0.464 e. The summed E-state index contributed by atoms with van der Waals surface area (Å²) in [6.07, 6.45) is 6.71. The molecule has 138 valence electrons. The molecule has 2 N–H and O–H groups in total. The van der Waals surface area contributed by atoms with E-state index in [4.69, 9.17) is 10.5 Å². The first-order chi connectivity index (χ1) is 12.6. The smallest absolute Gasteiger partial charge is 0.360 e. The summed E-state index contributed by atoms with van der Waals surface area (Å²) in [6, 6.07) is 8.10. The second-order valence-corrected chi connectivity index (χ2v) is 7.13. The van der Waals surface area contributed by atoms with E-state index in [0.29, 0.717) is 5.69 Å². The van der Waals surface area contributed by atoms with Crippen LogP contribution >= 0.6 is 11.8 Å². The second-order valence-electron chi connectivity index (χ2n) is 6.25. The molecule has 0 saturated carbocycles. The van der Waals surface area contributed by atoms with Crippen molar-refractivity contribution in [3.8, 4) is 11.3 Å². The van der Waals surface area contributed by atoms with Gasteiger partial charge < -0.3 is 15.4 Å². The summed E-state index contributed by atoms with van der Waals surface area (Å²) >= 11 is 1.68. The highest BCUT2D eigenvalue weighted by Crippen LogP contribution is 2.32. The van der Waals surface area contributed by atoms with Crippen LogP contribution in [0.4, 0.5) is 11.6 Å². The van der Waals surface area contributed by atoms with E-state index in [1.165, 1.54) is 24.8 Å². The lowest BCUT2D eigenvalue weighted by Crippen LogP contribution is -2.27. The Labute approximate surface area is 158 Å². The molecule has 1 saturated heterocycles. The molecule has 2 aromatic rings. The van der Waals surface area contributed by atoms with Crippen LogP contribution in [0.3, 0.4) is 0 Å². The van der Waals surface area contributed by atoms with Crippen LogP contribution in [0.2, 0.25) is 0 Å². The standard InChI is InChI=1S/C19H24N4O2S/c1-25-19(24)16-17(20)22-18(23-11-5-3-4-6-12-23)15(21-16)13-7-9-14(26-2)10-8-13/h7-10H,3-6,11-12H2,1-2H3,(H2,20,22). The van der Waals surface area contributed by atoms with Gasteiger partial charge in [-0.25, -0.2) is 14.8 Å². The minimum absolute atomic E-state index is 0.0648. The molecule has 7 heteroatoms. The molecule has 6 nitrogen and oxygen atoms in total. The average Bonchev–Trinajstić information content (AvgIpc) is 2.96. The van der Waals surface area contributed by atoms with E-state index < -0.39 is 5.97 Å². The molecule has 1 aromatic heterocycles. The zero-order chi connectivity index (χ0) is 18.5. The van der Waals surface area contributed by atoms with Crippen molar-refractivity contribution in [1.29, 1.82) is 0 Å². The van der Waals surface area contributed by atoms with E-state index in [-0.39, 0.29) is 11.5 Å². The van der Waals surface area contributed by atoms with Gasteiger partial charge in [0, 0.05) is 23.5 Å². The predicted molar refractivity (Wildman–Crippen MR) is 106 cm³/mol. The summed E-state index contributed by atoms with van der Waals surface area (Å²) in [7, 11) is 1.32. The van der Waals surface area contributed by atoms with E-state index in [2.05, 4.69) is 14.9 Å². The van der Waals surface area contributed by atoms with Gasteiger partial charge in [-0.15, -0.1) is 11.8 Å². The molecule has 0 bridgehead atoms. The fourth-order valence-corrected chi connectivity index (χ4v) is 3.54. The van der Waals surface area contributed by atoms with Crippen molar-refractivity contribution in [2.45, 2.75) is 30.6 Å². The van der Waals surface area contributed by atoms with Crippen molar-refractivity contribution in [3.05, 3.63) is 30.0 Å². The third kappa shape index (κ3) is 3.93. The molecule has 2 heterocycles. The van der Waals surface area contributed by atoms with E-state index in [1.54, 1.807) is 11.8 Å². The Morgan fingerprint density at radius 2 is 1.77 bits per heavy atom. The average molecular weight is 372 g/mol. The van der Waals surface area contributed by atoms with Crippen molar-refractivity contribution in [2.75, 3.05) is 37.1 Å². The van der Waals surface area contributed by atoms with Crippen molar-refractivity contribution < 1.29 is 9.53 Å². The maximum Gasteiger partial charge on any atom is 0.360 e. The number of hydrogen-bond donors (Lipinski definition) is 1. The van der Waals surface area contributed by atoms with Gasteiger partial charge in [0.1, 0.15) is 5.69 Å². The van der Waals surface area contributed by atoms with Gasteiger partial charge in [-0.3, -0.25) is 0 Å². The molecule has 1 aliphatic heterocycles. The first kappa shape index (κ1) is 18.5. The van der Waals surface area contributed by atoms with Crippen molar-refractivity contribution >= 4 is 29.4 Å². The molecule has 26 heavy (non-hydrogen) atoms. The lowest BCUT2D eigenvalue weighted by Gasteiger charge is -2.24. The van der Waals surface area contributed by atoms with Crippen LogP contribution in [0, 0.1) is 0 Å². The summed E-state index contributed by atoms with van der Waals surface area (Å²) < 4.78 is 4.81. The summed E-state index contributed by atoms with van der Waals surface area (Å²) in [5.74, 6) is 0.286. The number of benzene rings is 1. The Morgan fingerprint density at radius 3 is 2.35 bits per heavy atom. The number of methoxy groups -OCH3 is 1. The van der Waals surface area contributed by atoms with Crippen LogP contribution < -0.4 is 10.6 Å². The largest absolute Gasteiger partial charge is 0.464 e. The highest BCUT2D eigenvalue weighted by molar-refractivity contribution is 7.98. The van der Waals surface area contributed by atoms with Gasteiger partial charge in [-0.1, -0.05) is 25.0 Å². The van der Waals surface area contributed by atoms with Crippen LogP contribution in [0.5, 0.6) is 0 Å². The number of nitrogens with zero attached hydrogens (tertiary/aromatic N) is 3. The highest BCUT2D eigenvalue weighted by atomic mass is 32.2. The number of ether oxygens (including phenoxy) is 1. The summed E-state index contributed by atoms with van der Waals surface area (Å²) in [5.41, 5.74) is 7.69. The third-order valence-electron chi connectivity index (χ3n) is 4.55. The van der Waals surface area contributed by atoms with Crippen LogP contribution in [0.25, 0.3) is 11.3 Å². The maximum atomic E-state index is 12.0. The number of esters is 1. The normalized spacial score (nSPS) is 14.8. The van der Waals surface area contributed by atoms with Gasteiger partial charge >= 0.3 is 5.97 Å². The van der Waals surface area contributed by atoms with Gasteiger partial charge in [0.05, 0.1) is 7.11 Å². The molecule has 0 unspecified atom stereocenters. The topological polar surface area (TPSA) is 81.3 Å². The fraction of sp³-hybridized carbons (Fsp3) is 0.421. The Hall–Kier alpha value is -2.28. The van der Waals surface area contributed by atoms with Gasteiger partial charge in [0.2, 0.25) is 0 Å². The number of rotatable bonds is 4. The summed E-state index contributed by atoms with van der Waals surface area (Å²) in [4.78, 5) is 24.6. The molecule has 0 amide bonds. The van der Waals surface area contributed by atoms with Crippen molar-refractivity contribution in [3.63, 3.8) is 0 Å². The van der Waals surface area contributed by atoms with Crippen LogP contribution in [0.1, 0.15) is 36.2 Å². The summed E-state index contributed by atoms with van der Waals surface area (Å²) in [6.45, 7) is 1.84. The highest BCUT2D eigenvalue weighted by Gasteiger charge is 2.23. The van der Waals surface area contributed by atoms with Crippen LogP contribution in [-0.2, 0) is 4.74 Å². The molecule has 0 radical (unpaired) electrons. The molecular weight excluding hydrogens is 348 g/mol. The predicted octanol–water partition coefficient (Wildman–Crippen LogP) is 3.61. The van der Waals surface area contributed by atoms with Crippen LogP contribution in [0.15, 0.2) is 29.2 Å². The molecule has 0 spiro atoms. The summed E-state index contributed by atoms with van der Waals surface area (Å²) in [5, 5.41) is 0. The SMILES string of the molecule is COC(=O)c1nc(-c2ccc(SC)cc2)c(N2CCCCCC2)nc1N. The number of nitrogens with two attached hydrogens (primary N) is 1. The molecule has 3 rings (SSSR count). The van der Waals surface area contributed by atoms with Crippen molar-refractivity contribution in [2.24, 2.45) is 0 Å².